The Balaban J connectivity index is 1.79. The van der Waals surface area contributed by atoms with E-state index in [4.69, 9.17) is 14.2 Å². The molecule has 0 spiro atoms. The highest BCUT2D eigenvalue weighted by Crippen LogP contribution is 2.35. The monoisotopic (exact) mass is 488 g/mol. The number of carbonyl (C=O) groups is 1. The van der Waals surface area contributed by atoms with Crippen molar-refractivity contribution in [3.05, 3.63) is 78.6 Å². The minimum atomic E-state index is -4.11. The quantitative estimate of drug-likeness (QED) is 0.417. The van der Waals surface area contributed by atoms with Crippen LogP contribution in [-0.2, 0) is 14.8 Å². The summed E-state index contributed by atoms with van der Waals surface area (Å²) in [7, 11) is -1.25. The molecule has 0 bridgehead atoms. The van der Waals surface area contributed by atoms with Gasteiger partial charge in [0.15, 0.2) is 0 Å². The molecule has 0 unspecified atom stereocenters. The second-order valence-corrected chi connectivity index (χ2v) is 8.88. The predicted octanol–water partition coefficient (Wildman–Crippen LogP) is 3.23. The van der Waals surface area contributed by atoms with E-state index in [0.29, 0.717) is 11.5 Å². The van der Waals surface area contributed by atoms with E-state index in [1.807, 2.05) is 0 Å². The fourth-order valence-electron chi connectivity index (χ4n) is 3.09. The Morgan fingerprint density at radius 3 is 2.26 bits per heavy atom. The standard InChI is InChI=1S/C24H25FN2O6S/c1-31-20-12-13-23(32-2)22(16-20)27(34(29,30)21-6-4-3-5-7-21)17-24(28)26-14-15-33-19-10-8-18(25)9-11-19/h3-13,16H,14-15,17H2,1-2H3,(H,26,28). The van der Waals surface area contributed by atoms with Crippen molar-refractivity contribution in [2.45, 2.75) is 4.90 Å². The van der Waals surface area contributed by atoms with Crippen LogP contribution in [0, 0.1) is 5.82 Å². The molecule has 34 heavy (non-hydrogen) atoms. The highest BCUT2D eigenvalue weighted by molar-refractivity contribution is 7.92. The number of anilines is 1. The molecule has 3 aromatic carbocycles. The Kier molecular flexibility index (Phi) is 8.31. The van der Waals surface area contributed by atoms with Crippen LogP contribution in [0.3, 0.4) is 0 Å². The summed E-state index contributed by atoms with van der Waals surface area (Å²) in [4.78, 5) is 12.7. The van der Waals surface area contributed by atoms with Gasteiger partial charge >= 0.3 is 0 Å². The van der Waals surface area contributed by atoms with Crippen molar-refractivity contribution in [2.24, 2.45) is 0 Å². The van der Waals surface area contributed by atoms with Gasteiger partial charge in [-0.2, -0.15) is 0 Å². The average Bonchev–Trinajstić information content (AvgIpc) is 2.86. The maximum Gasteiger partial charge on any atom is 0.264 e. The zero-order chi connectivity index (χ0) is 24.6. The van der Waals surface area contributed by atoms with Crippen molar-refractivity contribution >= 4 is 21.6 Å². The number of hydrogen-bond acceptors (Lipinski definition) is 6. The second-order valence-electron chi connectivity index (χ2n) is 7.01. The molecular formula is C24H25FN2O6S. The number of ether oxygens (including phenoxy) is 3. The average molecular weight is 489 g/mol. The van der Waals surface area contributed by atoms with E-state index in [-0.39, 0.29) is 35.3 Å². The summed E-state index contributed by atoms with van der Waals surface area (Å²) in [5, 5.41) is 2.64. The molecule has 8 nitrogen and oxygen atoms in total. The van der Waals surface area contributed by atoms with Gasteiger partial charge in [-0.15, -0.1) is 0 Å². The molecule has 0 saturated heterocycles. The third-order valence-corrected chi connectivity index (χ3v) is 6.55. The molecule has 1 N–H and O–H groups in total. The molecule has 3 aromatic rings. The number of nitrogens with one attached hydrogen (secondary N) is 1. The van der Waals surface area contributed by atoms with Crippen LogP contribution in [-0.4, -0.2) is 48.2 Å². The van der Waals surface area contributed by atoms with E-state index in [1.165, 1.54) is 56.7 Å². The Hall–Kier alpha value is -3.79. The summed E-state index contributed by atoms with van der Waals surface area (Å²) in [6, 6.07) is 17.9. The molecule has 180 valence electrons. The van der Waals surface area contributed by atoms with Gasteiger partial charge in [-0.25, -0.2) is 12.8 Å². The molecule has 1 amide bonds. The van der Waals surface area contributed by atoms with Crippen molar-refractivity contribution in [1.29, 1.82) is 0 Å². The van der Waals surface area contributed by atoms with Crippen molar-refractivity contribution in [3.63, 3.8) is 0 Å². The SMILES string of the molecule is COc1ccc(OC)c(N(CC(=O)NCCOc2ccc(F)cc2)S(=O)(=O)c2ccccc2)c1. The Bertz CT molecular complexity index is 1200. The largest absolute Gasteiger partial charge is 0.497 e. The number of hydrogen-bond donors (Lipinski definition) is 1. The van der Waals surface area contributed by atoms with Crippen LogP contribution < -0.4 is 23.8 Å². The van der Waals surface area contributed by atoms with E-state index in [0.717, 1.165) is 4.31 Å². The van der Waals surface area contributed by atoms with Crippen LogP contribution in [0.15, 0.2) is 77.7 Å². The number of amides is 1. The fourth-order valence-corrected chi connectivity index (χ4v) is 4.53. The number of sulfonamides is 1. The highest BCUT2D eigenvalue weighted by atomic mass is 32.2. The number of rotatable bonds is 11. The van der Waals surface area contributed by atoms with E-state index in [1.54, 1.807) is 30.3 Å². The summed E-state index contributed by atoms with van der Waals surface area (Å²) in [6.07, 6.45) is 0. The molecule has 0 heterocycles. The topological polar surface area (TPSA) is 94.2 Å². The maximum absolute atomic E-state index is 13.5. The van der Waals surface area contributed by atoms with E-state index >= 15 is 0 Å². The van der Waals surface area contributed by atoms with E-state index in [2.05, 4.69) is 5.32 Å². The smallest absolute Gasteiger partial charge is 0.264 e. The number of benzene rings is 3. The molecular weight excluding hydrogens is 463 g/mol. The first-order valence-corrected chi connectivity index (χ1v) is 11.7. The maximum atomic E-state index is 13.5. The zero-order valence-electron chi connectivity index (χ0n) is 18.7. The second kappa shape index (κ2) is 11.4. The minimum absolute atomic E-state index is 0.0207. The molecule has 0 aliphatic heterocycles. The van der Waals surface area contributed by atoms with Gasteiger partial charge in [-0.3, -0.25) is 9.10 Å². The molecule has 0 aliphatic rings. The van der Waals surface area contributed by atoms with Gasteiger partial charge in [0.1, 0.15) is 36.2 Å². The van der Waals surface area contributed by atoms with Gasteiger partial charge in [-0.1, -0.05) is 18.2 Å². The summed E-state index contributed by atoms with van der Waals surface area (Å²) >= 11 is 0. The molecule has 10 heteroatoms. The van der Waals surface area contributed by atoms with E-state index < -0.39 is 22.5 Å². The first-order valence-electron chi connectivity index (χ1n) is 10.3. The lowest BCUT2D eigenvalue weighted by Crippen LogP contribution is -2.42. The van der Waals surface area contributed by atoms with Gasteiger partial charge < -0.3 is 19.5 Å². The molecule has 0 aromatic heterocycles. The normalized spacial score (nSPS) is 10.9. The lowest BCUT2D eigenvalue weighted by atomic mass is 10.2. The van der Waals surface area contributed by atoms with Crippen molar-refractivity contribution in [1.82, 2.24) is 5.32 Å². The third-order valence-electron chi connectivity index (χ3n) is 4.78. The van der Waals surface area contributed by atoms with Crippen LogP contribution >= 0.6 is 0 Å². The van der Waals surface area contributed by atoms with Crippen molar-refractivity contribution in [2.75, 3.05) is 38.2 Å². The summed E-state index contributed by atoms with van der Waals surface area (Å²) in [6.45, 7) is -0.271. The van der Waals surface area contributed by atoms with Gasteiger partial charge in [0.05, 0.1) is 31.3 Å². The van der Waals surface area contributed by atoms with E-state index in [9.17, 15) is 17.6 Å². The first-order chi connectivity index (χ1) is 16.3. The van der Waals surface area contributed by atoms with Crippen molar-refractivity contribution in [3.8, 4) is 17.2 Å². The molecule has 3 rings (SSSR count). The molecule has 0 fully saturated rings. The van der Waals surface area contributed by atoms with Crippen LogP contribution in [0.25, 0.3) is 0 Å². The van der Waals surface area contributed by atoms with Gasteiger partial charge in [-0.05, 0) is 48.5 Å². The van der Waals surface area contributed by atoms with Crippen LogP contribution in [0.4, 0.5) is 10.1 Å². The highest BCUT2D eigenvalue weighted by Gasteiger charge is 2.29. The lowest BCUT2D eigenvalue weighted by Gasteiger charge is -2.26. The zero-order valence-corrected chi connectivity index (χ0v) is 19.5. The number of halogens is 1. The van der Waals surface area contributed by atoms with Gasteiger partial charge in [0.25, 0.3) is 10.0 Å². The number of carbonyl (C=O) groups excluding carboxylic acids is 1. The van der Waals surface area contributed by atoms with Gasteiger partial charge in [0.2, 0.25) is 5.91 Å². The molecule has 0 atom stereocenters. The molecule has 0 aliphatic carbocycles. The summed E-state index contributed by atoms with van der Waals surface area (Å²) < 4.78 is 56.9. The molecule has 0 saturated carbocycles. The summed E-state index contributed by atoms with van der Waals surface area (Å²) in [5.41, 5.74) is 0.156. The Morgan fingerprint density at radius 2 is 1.62 bits per heavy atom. The fraction of sp³-hybridized carbons (Fsp3) is 0.208. The van der Waals surface area contributed by atoms with Crippen LogP contribution in [0.1, 0.15) is 0 Å². The third kappa shape index (κ3) is 6.16. The van der Waals surface area contributed by atoms with Gasteiger partial charge in [0, 0.05) is 6.07 Å². The Morgan fingerprint density at radius 1 is 0.941 bits per heavy atom. The van der Waals surface area contributed by atoms with Crippen LogP contribution in [0.2, 0.25) is 0 Å². The van der Waals surface area contributed by atoms with Crippen LogP contribution in [0.5, 0.6) is 17.2 Å². The number of nitrogens with zero attached hydrogens (tertiary/aromatic N) is 1. The first kappa shape index (κ1) is 24.8. The number of methoxy groups -OCH3 is 2. The minimum Gasteiger partial charge on any atom is -0.497 e. The molecule has 0 radical (unpaired) electrons. The predicted molar refractivity (Wildman–Crippen MR) is 125 cm³/mol. The van der Waals surface area contributed by atoms with Crippen molar-refractivity contribution < 1.29 is 31.8 Å². The summed E-state index contributed by atoms with van der Waals surface area (Å²) in [5.74, 6) is 0.176. The Labute approximate surface area is 197 Å². The lowest BCUT2D eigenvalue weighted by molar-refractivity contribution is -0.119.